The minimum atomic E-state index is -4.02. The summed E-state index contributed by atoms with van der Waals surface area (Å²) in [5.74, 6) is 0. The number of urea groups is 1. The second kappa shape index (κ2) is 9.55. The predicted octanol–water partition coefficient (Wildman–Crippen LogP) is 3.00. The summed E-state index contributed by atoms with van der Waals surface area (Å²) < 4.78 is 29.6. The van der Waals surface area contributed by atoms with E-state index in [1.165, 1.54) is 22.6 Å². The number of nitrogens with two attached hydrogens (primary N) is 1. The lowest BCUT2D eigenvalue weighted by Crippen LogP contribution is -2.27. The van der Waals surface area contributed by atoms with Crippen LogP contribution in [-0.2, 0) is 16.5 Å². The summed E-state index contributed by atoms with van der Waals surface area (Å²) in [6.07, 6.45) is 2.79. The number of fused-ring (bicyclic) bond motifs is 1. The second-order valence-electron chi connectivity index (χ2n) is 6.73. The number of amides is 2. The molecular formula is C20H26N4O4S. The monoisotopic (exact) mass is 418 g/mol. The molecule has 3 aromatic rings. The Bertz CT molecular complexity index is 1070. The summed E-state index contributed by atoms with van der Waals surface area (Å²) in [5, 5.41) is 3.94. The maximum absolute atomic E-state index is 11.6. The molecule has 8 nitrogen and oxygen atoms in total. The van der Waals surface area contributed by atoms with E-state index >= 15 is 0 Å². The standard InChI is InChI=1S/C13H18N4O.C7H8O3S/c1-17(2)13(18)16-10-3-4-12-11(7-10)9(5-6-14)8-15-12;1-6-2-4-7(5-3-6)11(8,9)10/h3-4,7-8,15H,5-6,14H2,1-2H3,(H,16,18);2-5H,1H3,(H,8,9,10). The number of anilines is 1. The molecule has 0 saturated carbocycles. The van der Waals surface area contributed by atoms with Gasteiger partial charge in [-0.2, -0.15) is 8.42 Å². The van der Waals surface area contributed by atoms with E-state index < -0.39 is 10.1 Å². The van der Waals surface area contributed by atoms with Crippen molar-refractivity contribution in [1.82, 2.24) is 9.88 Å². The highest BCUT2D eigenvalue weighted by molar-refractivity contribution is 7.85. The van der Waals surface area contributed by atoms with E-state index in [1.54, 1.807) is 26.2 Å². The van der Waals surface area contributed by atoms with Gasteiger partial charge in [-0.1, -0.05) is 17.7 Å². The molecule has 0 spiro atoms. The molecule has 0 aliphatic rings. The number of benzene rings is 2. The van der Waals surface area contributed by atoms with Crippen LogP contribution in [0.2, 0.25) is 0 Å². The molecule has 2 amide bonds. The molecule has 0 aliphatic heterocycles. The van der Waals surface area contributed by atoms with Crippen molar-refractivity contribution < 1.29 is 17.8 Å². The van der Waals surface area contributed by atoms with Crippen LogP contribution in [0.4, 0.5) is 10.5 Å². The first-order valence-electron chi connectivity index (χ1n) is 8.94. The van der Waals surface area contributed by atoms with E-state index in [-0.39, 0.29) is 10.9 Å². The topological polar surface area (TPSA) is 129 Å². The maximum atomic E-state index is 11.6. The van der Waals surface area contributed by atoms with Gasteiger partial charge in [-0.3, -0.25) is 4.55 Å². The molecule has 5 N–H and O–H groups in total. The minimum Gasteiger partial charge on any atom is -0.361 e. The Kier molecular flexibility index (Phi) is 7.38. The van der Waals surface area contributed by atoms with Crippen molar-refractivity contribution in [3.8, 4) is 0 Å². The van der Waals surface area contributed by atoms with Crippen molar-refractivity contribution >= 4 is 32.7 Å². The smallest absolute Gasteiger partial charge is 0.321 e. The van der Waals surface area contributed by atoms with Gasteiger partial charge in [-0.05, 0) is 55.8 Å². The molecule has 156 valence electrons. The van der Waals surface area contributed by atoms with Crippen LogP contribution in [-0.4, -0.2) is 49.5 Å². The van der Waals surface area contributed by atoms with Crippen LogP contribution in [0.1, 0.15) is 11.1 Å². The number of hydrogen-bond acceptors (Lipinski definition) is 4. The third-order valence-electron chi connectivity index (χ3n) is 4.16. The largest absolute Gasteiger partial charge is 0.361 e. The second-order valence-corrected chi connectivity index (χ2v) is 8.15. The van der Waals surface area contributed by atoms with Gasteiger partial charge in [0.25, 0.3) is 10.1 Å². The Morgan fingerprint density at radius 3 is 2.38 bits per heavy atom. The highest BCUT2D eigenvalue weighted by atomic mass is 32.2. The molecular weight excluding hydrogens is 392 g/mol. The van der Waals surface area contributed by atoms with E-state index in [2.05, 4.69) is 10.3 Å². The van der Waals surface area contributed by atoms with Crippen molar-refractivity contribution in [2.45, 2.75) is 18.2 Å². The van der Waals surface area contributed by atoms with Crippen molar-refractivity contribution in [3.63, 3.8) is 0 Å². The number of aromatic nitrogens is 1. The van der Waals surface area contributed by atoms with Gasteiger partial charge < -0.3 is 20.9 Å². The van der Waals surface area contributed by atoms with Crippen LogP contribution < -0.4 is 11.1 Å². The lowest BCUT2D eigenvalue weighted by atomic mass is 10.1. The number of nitrogens with zero attached hydrogens (tertiary/aromatic N) is 1. The van der Waals surface area contributed by atoms with Gasteiger partial charge in [0.15, 0.2) is 0 Å². The molecule has 0 aliphatic carbocycles. The van der Waals surface area contributed by atoms with E-state index in [4.69, 9.17) is 10.3 Å². The summed E-state index contributed by atoms with van der Waals surface area (Å²) in [5.41, 5.74) is 9.56. The number of H-pyrrole nitrogens is 1. The molecule has 0 bridgehead atoms. The van der Waals surface area contributed by atoms with Gasteiger partial charge in [0.1, 0.15) is 0 Å². The lowest BCUT2D eigenvalue weighted by Gasteiger charge is -2.12. The Morgan fingerprint density at radius 2 is 1.83 bits per heavy atom. The van der Waals surface area contributed by atoms with Crippen LogP contribution in [0.25, 0.3) is 10.9 Å². The lowest BCUT2D eigenvalue weighted by molar-refractivity contribution is 0.230. The number of nitrogens with one attached hydrogen (secondary N) is 2. The third kappa shape index (κ3) is 6.31. The van der Waals surface area contributed by atoms with Gasteiger partial charge in [0.05, 0.1) is 4.90 Å². The molecule has 0 atom stereocenters. The van der Waals surface area contributed by atoms with Crippen molar-refractivity contribution in [2.24, 2.45) is 5.73 Å². The molecule has 0 unspecified atom stereocenters. The van der Waals surface area contributed by atoms with E-state index in [0.29, 0.717) is 6.54 Å². The highest BCUT2D eigenvalue weighted by Gasteiger charge is 2.08. The van der Waals surface area contributed by atoms with E-state index in [9.17, 15) is 13.2 Å². The zero-order valence-corrected chi connectivity index (χ0v) is 17.5. The van der Waals surface area contributed by atoms with Gasteiger partial charge in [-0.25, -0.2) is 4.79 Å². The first-order valence-corrected chi connectivity index (χ1v) is 10.4. The Morgan fingerprint density at radius 1 is 1.17 bits per heavy atom. The molecule has 29 heavy (non-hydrogen) atoms. The number of aryl methyl sites for hydroxylation is 1. The van der Waals surface area contributed by atoms with E-state index in [1.807, 2.05) is 31.3 Å². The molecule has 1 aromatic heterocycles. The normalized spacial score (nSPS) is 10.9. The number of rotatable bonds is 4. The quantitative estimate of drug-likeness (QED) is 0.484. The van der Waals surface area contributed by atoms with Crippen molar-refractivity contribution in [2.75, 3.05) is 26.0 Å². The average Bonchev–Trinajstić information content (AvgIpc) is 3.04. The van der Waals surface area contributed by atoms with E-state index in [0.717, 1.165) is 28.6 Å². The van der Waals surface area contributed by atoms with Gasteiger partial charge >= 0.3 is 6.03 Å². The fraction of sp³-hybridized carbons (Fsp3) is 0.250. The third-order valence-corrected chi connectivity index (χ3v) is 5.03. The van der Waals surface area contributed by atoms with Crippen LogP contribution in [0, 0.1) is 6.92 Å². The van der Waals surface area contributed by atoms with Crippen molar-refractivity contribution in [3.05, 3.63) is 59.8 Å². The summed E-state index contributed by atoms with van der Waals surface area (Å²) in [7, 11) is -0.595. The maximum Gasteiger partial charge on any atom is 0.321 e. The number of carbonyl (C=O) groups excluding carboxylic acids is 1. The van der Waals surface area contributed by atoms with Gasteiger partial charge in [-0.15, -0.1) is 0 Å². The molecule has 0 saturated heterocycles. The first kappa shape index (κ1) is 22.4. The Balaban J connectivity index is 0.000000234. The summed E-state index contributed by atoms with van der Waals surface area (Å²) in [6.45, 7) is 2.45. The molecule has 9 heteroatoms. The minimum absolute atomic E-state index is 0.0666. The van der Waals surface area contributed by atoms with Crippen LogP contribution in [0.3, 0.4) is 0 Å². The zero-order valence-electron chi connectivity index (χ0n) is 16.6. The number of aromatic amines is 1. The molecule has 0 radical (unpaired) electrons. The predicted molar refractivity (Wildman–Crippen MR) is 115 cm³/mol. The SMILES string of the molecule is CN(C)C(=O)Nc1ccc2[nH]cc(CCN)c2c1.Cc1ccc(S(=O)(=O)O)cc1. The van der Waals surface area contributed by atoms with Crippen molar-refractivity contribution in [1.29, 1.82) is 0 Å². The fourth-order valence-electron chi connectivity index (χ4n) is 2.56. The number of hydrogen-bond donors (Lipinski definition) is 4. The Hall–Kier alpha value is -2.88. The van der Waals surface area contributed by atoms with Crippen LogP contribution in [0.5, 0.6) is 0 Å². The Labute approximate surface area is 170 Å². The van der Waals surface area contributed by atoms with Gasteiger partial charge in [0, 0.05) is 36.9 Å². The summed E-state index contributed by atoms with van der Waals surface area (Å²) >= 11 is 0. The van der Waals surface area contributed by atoms with Crippen LogP contribution >= 0.6 is 0 Å². The fourth-order valence-corrected chi connectivity index (χ4v) is 3.04. The molecule has 1 heterocycles. The average molecular weight is 419 g/mol. The molecule has 0 fully saturated rings. The summed E-state index contributed by atoms with van der Waals surface area (Å²) in [4.78, 5) is 16.2. The van der Waals surface area contributed by atoms with Crippen LogP contribution in [0.15, 0.2) is 53.6 Å². The number of carbonyl (C=O) groups is 1. The zero-order chi connectivity index (χ0) is 21.6. The molecule has 2 aromatic carbocycles. The first-order chi connectivity index (χ1) is 13.6. The van der Waals surface area contributed by atoms with Gasteiger partial charge in [0.2, 0.25) is 0 Å². The molecule has 3 rings (SSSR count). The summed E-state index contributed by atoms with van der Waals surface area (Å²) in [6, 6.07) is 11.7. The highest BCUT2D eigenvalue weighted by Crippen LogP contribution is 2.22.